The zero-order chi connectivity index (χ0) is 14.8. The summed E-state index contributed by atoms with van der Waals surface area (Å²) in [5.41, 5.74) is -0.346. The highest BCUT2D eigenvalue weighted by molar-refractivity contribution is 5.85. The highest BCUT2D eigenvalue weighted by atomic mass is 35.5. The molecule has 4 nitrogen and oxygen atoms in total. The van der Waals surface area contributed by atoms with Gasteiger partial charge in [-0.3, -0.25) is 9.78 Å². The van der Waals surface area contributed by atoms with E-state index in [1.54, 1.807) is 0 Å². The van der Waals surface area contributed by atoms with Gasteiger partial charge >= 0.3 is 6.18 Å². The molecule has 22 heavy (non-hydrogen) atoms. The minimum atomic E-state index is -4.45. The molecule has 1 fully saturated rings. The van der Waals surface area contributed by atoms with Gasteiger partial charge in [0.1, 0.15) is 0 Å². The molecule has 2 heterocycles. The molecule has 0 spiro atoms. The van der Waals surface area contributed by atoms with E-state index in [0.717, 1.165) is 25.5 Å². The van der Waals surface area contributed by atoms with E-state index >= 15 is 0 Å². The maximum Gasteiger partial charge on any atom is 0.416 e. The highest BCUT2D eigenvalue weighted by Crippen LogP contribution is 2.34. The van der Waals surface area contributed by atoms with E-state index in [0.29, 0.717) is 5.69 Å². The van der Waals surface area contributed by atoms with Crippen molar-refractivity contribution in [2.75, 3.05) is 6.54 Å². The summed E-state index contributed by atoms with van der Waals surface area (Å²) in [6.07, 6.45) is -1.53. The van der Waals surface area contributed by atoms with Crippen molar-refractivity contribution < 1.29 is 18.0 Å². The number of rotatable bonds is 3. The van der Waals surface area contributed by atoms with Crippen molar-refractivity contribution in [2.45, 2.75) is 38.5 Å². The van der Waals surface area contributed by atoms with Crippen LogP contribution in [0.4, 0.5) is 13.2 Å². The fourth-order valence-electron chi connectivity index (χ4n) is 2.25. The number of nitrogens with zero attached hydrogens (tertiary/aromatic N) is 1. The summed E-state index contributed by atoms with van der Waals surface area (Å²) in [6.45, 7) is 1.88. The number of carbonyl (C=O) groups excluding carboxylic acids is 1. The van der Waals surface area contributed by atoms with Gasteiger partial charge in [-0.05, 0) is 25.5 Å². The van der Waals surface area contributed by atoms with Crippen LogP contribution in [0.15, 0.2) is 12.3 Å². The molecule has 126 valence electrons. The fraction of sp³-hybridized carbons (Fsp3) is 0.538. The van der Waals surface area contributed by atoms with E-state index in [2.05, 4.69) is 15.6 Å². The molecule has 1 aliphatic heterocycles. The molecule has 0 radical (unpaired) electrons. The van der Waals surface area contributed by atoms with Crippen molar-refractivity contribution in [3.05, 3.63) is 29.1 Å². The normalized spacial score (nSPS) is 17.4. The van der Waals surface area contributed by atoms with Gasteiger partial charge in [0.15, 0.2) is 0 Å². The summed E-state index contributed by atoms with van der Waals surface area (Å²) >= 11 is 0. The van der Waals surface area contributed by atoms with Gasteiger partial charge in [0.05, 0.1) is 11.3 Å². The molecule has 1 saturated heterocycles. The zero-order valence-electron chi connectivity index (χ0n) is 11.9. The van der Waals surface area contributed by atoms with Gasteiger partial charge in [0.25, 0.3) is 0 Å². The van der Waals surface area contributed by atoms with Crippen LogP contribution in [0, 0.1) is 0 Å². The topological polar surface area (TPSA) is 54.0 Å². The Balaban J connectivity index is 0.00000220. The lowest BCUT2D eigenvalue weighted by Crippen LogP contribution is -2.23. The van der Waals surface area contributed by atoms with Gasteiger partial charge in [-0.2, -0.15) is 13.2 Å². The van der Waals surface area contributed by atoms with E-state index in [4.69, 9.17) is 0 Å². The molecule has 0 aromatic carbocycles. The SMILES string of the molecule is CC(=O)NCc1cnc(C2CCCN2)cc1C(F)(F)F.Cl.Cl. The maximum absolute atomic E-state index is 13.1. The van der Waals surface area contributed by atoms with Crippen molar-refractivity contribution in [1.29, 1.82) is 0 Å². The van der Waals surface area contributed by atoms with Gasteiger partial charge < -0.3 is 10.6 Å². The first-order valence-corrected chi connectivity index (χ1v) is 6.42. The Morgan fingerprint density at radius 2 is 2.14 bits per heavy atom. The molecule has 1 unspecified atom stereocenters. The molecule has 1 aliphatic rings. The van der Waals surface area contributed by atoms with Crippen LogP contribution in [-0.2, 0) is 17.5 Å². The van der Waals surface area contributed by atoms with Crippen molar-refractivity contribution >= 4 is 30.7 Å². The molecule has 1 aromatic heterocycles. The Kier molecular flexibility index (Phi) is 8.14. The van der Waals surface area contributed by atoms with Gasteiger partial charge in [-0.25, -0.2) is 0 Å². The summed E-state index contributed by atoms with van der Waals surface area (Å²) in [5, 5.41) is 5.49. The maximum atomic E-state index is 13.1. The monoisotopic (exact) mass is 359 g/mol. The first kappa shape index (κ1) is 20.9. The molecule has 1 aromatic rings. The van der Waals surface area contributed by atoms with Gasteiger partial charge in [-0.1, -0.05) is 0 Å². The highest BCUT2D eigenvalue weighted by Gasteiger charge is 2.34. The Morgan fingerprint density at radius 1 is 1.45 bits per heavy atom. The third kappa shape index (κ3) is 5.30. The van der Waals surface area contributed by atoms with Crippen molar-refractivity contribution in [3.63, 3.8) is 0 Å². The number of pyridine rings is 1. The van der Waals surface area contributed by atoms with Crippen molar-refractivity contribution in [1.82, 2.24) is 15.6 Å². The Morgan fingerprint density at radius 3 is 2.64 bits per heavy atom. The van der Waals surface area contributed by atoms with E-state index in [1.165, 1.54) is 13.1 Å². The lowest BCUT2D eigenvalue weighted by Gasteiger charge is -2.16. The average molecular weight is 360 g/mol. The molecule has 0 bridgehead atoms. The van der Waals surface area contributed by atoms with Crippen LogP contribution < -0.4 is 10.6 Å². The summed E-state index contributed by atoms with van der Waals surface area (Å²) in [5.74, 6) is -0.375. The van der Waals surface area contributed by atoms with E-state index in [9.17, 15) is 18.0 Å². The number of amides is 1. The molecular weight excluding hydrogens is 342 g/mol. The zero-order valence-corrected chi connectivity index (χ0v) is 13.5. The first-order chi connectivity index (χ1) is 9.38. The predicted molar refractivity (Wildman–Crippen MR) is 81.2 cm³/mol. The second kappa shape index (κ2) is 8.55. The van der Waals surface area contributed by atoms with Crippen molar-refractivity contribution in [3.8, 4) is 0 Å². The minimum Gasteiger partial charge on any atom is -0.352 e. The van der Waals surface area contributed by atoms with E-state index in [-0.39, 0.29) is 48.9 Å². The largest absolute Gasteiger partial charge is 0.416 e. The number of hydrogen-bond acceptors (Lipinski definition) is 3. The molecule has 2 N–H and O–H groups in total. The number of hydrogen-bond donors (Lipinski definition) is 2. The van der Waals surface area contributed by atoms with Gasteiger partial charge in [0, 0.05) is 31.3 Å². The van der Waals surface area contributed by atoms with Crippen LogP contribution in [-0.4, -0.2) is 17.4 Å². The summed E-state index contributed by atoms with van der Waals surface area (Å²) in [4.78, 5) is 14.9. The summed E-state index contributed by atoms with van der Waals surface area (Å²) in [6, 6.07) is 0.964. The molecule has 0 saturated carbocycles. The Labute approximate surface area is 139 Å². The smallest absolute Gasteiger partial charge is 0.352 e. The predicted octanol–water partition coefficient (Wildman–Crippen LogP) is 3.00. The lowest BCUT2D eigenvalue weighted by molar-refractivity contribution is -0.138. The van der Waals surface area contributed by atoms with Crippen LogP contribution >= 0.6 is 24.8 Å². The van der Waals surface area contributed by atoms with Crippen LogP contribution in [0.5, 0.6) is 0 Å². The number of alkyl halides is 3. The first-order valence-electron chi connectivity index (χ1n) is 6.42. The quantitative estimate of drug-likeness (QED) is 0.872. The lowest BCUT2D eigenvalue weighted by atomic mass is 10.0. The van der Waals surface area contributed by atoms with Crippen LogP contribution in [0.2, 0.25) is 0 Å². The van der Waals surface area contributed by atoms with Gasteiger partial charge in [-0.15, -0.1) is 24.8 Å². The average Bonchev–Trinajstić information content (AvgIpc) is 2.88. The molecule has 9 heteroatoms. The number of carbonyl (C=O) groups is 1. The fourth-order valence-corrected chi connectivity index (χ4v) is 2.25. The third-order valence-electron chi connectivity index (χ3n) is 3.26. The van der Waals surface area contributed by atoms with Crippen molar-refractivity contribution in [2.24, 2.45) is 0 Å². The molecule has 1 amide bonds. The third-order valence-corrected chi connectivity index (χ3v) is 3.26. The Hall–Kier alpha value is -1.05. The minimum absolute atomic E-state index is 0. The molecule has 0 aliphatic carbocycles. The number of aromatic nitrogens is 1. The second-order valence-corrected chi connectivity index (χ2v) is 4.82. The standard InChI is InChI=1S/C13H16F3N3O.2ClH/c1-8(20)18-6-9-7-19-12(11-3-2-4-17-11)5-10(9)13(14,15)16;;/h5,7,11,17H,2-4,6H2,1H3,(H,18,20);2*1H. The molecule has 1 atom stereocenters. The van der Waals surface area contributed by atoms with Crippen LogP contribution in [0.25, 0.3) is 0 Å². The molecular formula is C13H18Cl2F3N3O. The van der Waals surface area contributed by atoms with E-state index < -0.39 is 11.7 Å². The molecule has 2 rings (SSSR count). The van der Waals surface area contributed by atoms with Gasteiger partial charge in [0.2, 0.25) is 5.91 Å². The van der Waals surface area contributed by atoms with Crippen LogP contribution in [0.3, 0.4) is 0 Å². The second-order valence-electron chi connectivity index (χ2n) is 4.82. The summed E-state index contributed by atoms with van der Waals surface area (Å²) in [7, 11) is 0. The Bertz CT molecular complexity index is 506. The number of halogens is 5. The van der Waals surface area contributed by atoms with E-state index in [1.807, 2.05) is 0 Å². The summed E-state index contributed by atoms with van der Waals surface area (Å²) < 4.78 is 39.2. The van der Waals surface area contributed by atoms with Crippen LogP contribution in [0.1, 0.15) is 42.6 Å². The number of nitrogens with one attached hydrogen (secondary N) is 2.